The molecule has 384 valence electrons. The van der Waals surface area contributed by atoms with Crippen LogP contribution < -0.4 is 4.90 Å². The van der Waals surface area contributed by atoms with Gasteiger partial charge in [0.15, 0.2) is 0 Å². The Labute approximate surface area is 474 Å². The van der Waals surface area contributed by atoms with E-state index in [-0.39, 0.29) is 5.92 Å². The van der Waals surface area contributed by atoms with Gasteiger partial charge in [0.2, 0.25) is 5.78 Å². The summed E-state index contributed by atoms with van der Waals surface area (Å²) in [6.45, 7) is 2.34. The Hall–Kier alpha value is -10.8. The first-order valence-corrected chi connectivity index (χ1v) is 28.2. The minimum absolute atomic E-state index is 0.146. The van der Waals surface area contributed by atoms with Crippen molar-refractivity contribution in [1.29, 1.82) is 0 Å². The van der Waals surface area contributed by atoms with Crippen LogP contribution in [0.3, 0.4) is 0 Å². The Morgan fingerprint density at radius 3 is 1.43 bits per heavy atom. The molecular formula is C76H50N6. The SMILES string of the molecule is Cc1c(N2C3=Nc4ccc(-c5ccccc5)cc4C3c3cc(-c4ccccc4)ccc32)c(-n2c3ccccc3c3ccccc32)cc(-c2ccccc2)c1-n1c2ccc(-c3ccccc3)cc2n2c3cc(-c4ccccc4)ccc3nc12. The molecule has 0 radical (unpaired) electrons. The predicted molar refractivity (Wildman–Crippen MR) is 340 cm³/mol. The molecule has 0 fully saturated rings. The number of rotatable bonds is 8. The van der Waals surface area contributed by atoms with E-state index >= 15 is 0 Å². The fraction of sp³-hybridized carbons (Fsp3) is 0.0263. The zero-order valence-corrected chi connectivity index (χ0v) is 44.8. The van der Waals surface area contributed by atoms with Crippen molar-refractivity contribution in [2.75, 3.05) is 4.90 Å². The summed E-state index contributed by atoms with van der Waals surface area (Å²) in [6.07, 6.45) is 0. The van der Waals surface area contributed by atoms with Crippen LogP contribution in [0.4, 0.5) is 17.1 Å². The van der Waals surface area contributed by atoms with E-state index < -0.39 is 0 Å². The molecule has 0 aliphatic carbocycles. The number of aliphatic imine (C=N–C) groups is 1. The van der Waals surface area contributed by atoms with Gasteiger partial charge in [0.05, 0.1) is 67.5 Å². The minimum Gasteiger partial charge on any atom is -0.307 e. The largest absolute Gasteiger partial charge is 0.307 e. The van der Waals surface area contributed by atoms with Crippen molar-refractivity contribution in [3.63, 3.8) is 0 Å². The summed E-state index contributed by atoms with van der Waals surface area (Å²) in [5.41, 5.74) is 26.6. The Morgan fingerprint density at radius 1 is 0.341 bits per heavy atom. The fourth-order valence-corrected chi connectivity index (χ4v) is 13.5. The highest BCUT2D eigenvalue weighted by molar-refractivity contribution is 6.21. The second-order valence-corrected chi connectivity index (χ2v) is 21.7. The summed E-state index contributed by atoms with van der Waals surface area (Å²) in [7, 11) is 0. The molecule has 0 saturated carbocycles. The number of benzene rings is 12. The molecule has 3 aromatic heterocycles. The average molecular weight is 1050 g/mol. The quantitative estimate of drug-likeness (QED) is 0.152. The first-order chi connectivity index (χ1) is 40.6. The second kappa shape index (κ2) is 18.1. The van der Waals surface area contributed by atoms with E-state index in [0.29, 0.717) is 0 Å². The van der Waals surface area contributed by atoms with E-state index in [0.717, 1.165) is 112 Å². The Morgan fingerprint density at radius 2 is 0.829 bits per heavy atom. The molecule has 1 unspecified atom stereocenters. The Balaban J connectivity index is 1.01. The van der Waals surface area contributed by atoms with E-state index in [2.05, 4.69) is 304 Å². The van der Waals surface area contributed by atoms with Gasteiger partial charge in [-0.25, -0.2) is 9.98 Å². The van der Waals surface area contributed by atoms with Gasteiger partial charge >= 0.3 is 0 Å². The molecule has 12 aromatic carbocycles. The molecule has 5 heterocycles. The third-order valence-corrected chi connectivity index (χ3v) is 17.2. The monoisotopic (exact) mass is 1050 g/mol. The number of para-hydroxylation sites is 2. The van der Waals surface area contributed by atoms with Crippen molar-refractivity contribution in [2.24, 2.45) is 4.99 Å². The summed E-state index contributed by atoms with van der Waals surface area (Å²) in [5, 5.41) is 2.40. The molecule has 2 aliphatic heterocycles. The number of aromatic nitrogens is 4. The summed E-state index contributed by atoms with van der Waals surface area (Å²) in [6, 6.07) is 102. The van der Waals surface area contributed by atoms with Crippen LogP contribution in [0.25, 0.3) is 117 Å². The number of imidazole rings is 2. The molecule has 6 nitrogen and oxygen atoms in total. The first-order valence-electron chi connectivity index (χ1n) is 28.2. The van der Waals surface area contributed by atoms with Crippen molar-refractivity contribution in [3.05, 3.63) is 296 Å². The maximum Gasteiger partial charge on any atom is 0.220 e. The van der Waals surface area contributed by atoms with Crippen LogP contribution in [-0.2, 0) is 0 Å². The van der Waals surface area contributed by atoms with Crippen molar-refractivity contribution in [2.45, 2.75) is 12.8 Å². The van der Waals surface area contributed by atoms with Gasteiger partial charge in [-0.15, -0.1) is 0 Å². The maximum atomic E-state index is 5.80. The van der Waals surface area contributed by atoms with Crippen LogP contribution in [0.15, 0.2) is 284 Å². The number of nitrogens with zero attached hydrogens (tertiary/aromatic N) is 6. The van der Waals surface area contributed by atoms with Crippen LogP contribution in [0, 0.1) is 6.92 Å². The Kier molecular flexibility index (Phi) is 10.2. The van der Waals surface area contributed by atoms with Gasteiger partial charge in [0.1, 0.15) is 5.84 Å². The van der Waals surface area contributed by atoms with Crippen molar-refractivity contribution < 1.29 is 0 Å². The van der Waals surface area contributed by atoms with Crippen LogP contribution in [-0.4, -0.2) is 24.4 Å². The lowest BCUT2D eigenvalue weighted by Gasteiger charge is -2.30. The number of hydrogen-bond donors (Lipinski definition) is 0. The highest BCUT2D eigenvalue weighted by Crippen LogP contribution is 2.57. The number of amidine groups is 1. The number of hydrogen-bond acceptors (Lipinski definition) is 3. The molecule has 0 N–H and O–H groups in total. The zero-order valence-electron chi connectivity index (χ0n) is 44.8. The molecule has 0 saturated heterocycles. The highest BCUT2D eigenvalue weighted by atomic mass is 15.3. The molecular weight excluding hydrogens is 997 g/mol. The standard InChI is InChI=1S/C76H50N6/c1-48-73(82-68-42-38-57(52-27-13-5-14-28-52)46-70(68)80-69-45-56(51-25-11-4-12-26-51)36-40-64(69)78-76(80)82)60(53-29-15-6-16-30-53)47-71(79-65-33-19-17-31-58(65)59-32-18-20-34-66(59)79)74(48)81-67-41-37-55(50-23-9-3-10-24-50)44-62(67)72-61-43-54(49-21-7-2-8-22-49)35-39-63(61)77-75(72)81/h2-47,72H,1H3. The number of fused-ring (bicyclic) bond motifs is 13. The molecule has 17 rings (SSSR count). The number of anilines is 2. The lowest BCUT2D eigenvalue weighted by atomic mass is 9.89. The Bertz CT molecular complexity index is 5040. The third kappa shape index (κ3) is 6.95. The van der Waals surface area contributed by atoms with Crippen LogP contribution in [0.2, 0.25) is 0 Å². The van der Waals surface area contributed by atoms with Crippen LogP contribution >= 0.6 is 0 Å². The molecule has 0 spiro atoms. The lowest BCUT2D eigenvalue weighted by molar-refractivity contribution is 1.07. The highest BCUT2D eigenvalue weighted by Gasteiger charge is 2.44. The molecule has 82 heavy (non-hydrogen) atoms. The molecule has 0 amide bonds. The maximum absolute atomic E-state index is 5.80. The van der Waals surface area contributed by atoms with E-state index in [1.807, 2.05) is 0 Å². The summed E-state index contributed by atoms with van der Waals surface area (Å²) >= 11 is 0. The van der Waals surface area contributed by atoms with Crippen LogP contribution in [0.5, 0.6) is 0 Å². The molecule has 1 atom stereocenters. The zero-order chi connectivity index (χ0) is 54.0. The van der Waals surface area contributed by atoms with E-state index in [9.17, 15) is 0 Å². The third-order valence-electron chi connectivity index (χ3n) is 17.2. The van der Waals surface area contributed by atoms with Gasteiger partial charge in [-0.1, -0.05) is 212 Å². The second-order valence-electron chi connectivity index (χ2n) is 21.7. The molecule has 6 heteroatoms. The first kappa shape index (κ1) is 46.1. The molecule has 0 bridgehead atoms. The molecule has 2 aliphatic rings. The van der Waals surface area contributed by atoms with Gasteiger partial charge in [0, 0.05) is 21.9 Å². The van der Waals surface area contributed by atoms with Crippen molar-refractivity contribution in [3.8, 4) is 67.0 Å². The van der Waals surface area contributed by atoms with Gasteiger partial charge in [0.25, 0.3) is 0 Å². The average Bonchev–Trinajstić information content (AvgIpc) is 3.26. The van der Waals surface area contributed by atoms with Gasteiger partial charge in [-0.05, 0) is 135 Å². The molecule has 15 aromatic rings. The van der Waals surface area contributed by atoms with Gasteiger partial charge < -0.3 is 4.57 Å². The fourth-order valence-electron chi connectivity index (χ4n) is 13.5. The van der Waals surface area contributed by atoms with Gasteiger partial charge in [-0.3, -0.25) is 13.9 Å². The van der Waals surface area contributed by atoms with E-state index in [4.69, 9.17) is 9.98 Å². The summed E-state index contributed by atoms with van der Waals surface area (Å²) in [5.74, 6) is 1.67. The minimum atomic E-state index is -0.146. The lowest BCUT2D eigenvalue weighted by Crippen LogP contribution is -2.25. The predicted octanol–water partition coefficient (Wildman–Crippen LogP) is 19.5. The topological polar surface area (TPSA) is 42.8 Å². The van der Waals surface area contributed by atoms with Crippen molar-refractivity contribution in [1.82, 2.24) is 18.5 Å². The van der Waals surface area contributed by atoms with Crippen LogP contribution in [0.1, 0.15) is 22.6 Å². The summed E-state index contributed by atoms with van der Waals surface area (Å²) in [4.78, 5) is 14.0. The normalized spacial score (nSPS) is 13.6. The van der Waals surface area contributed by atoms with Gasteiger partial charge in [-0.2, -0.15) is 0 Å². The smallest absolute Gasteiger partial charge is 0.220 e. The van der Waals surface area contributed by atoms with Crippen molar-refractivity contribution >= 4 is 72.5 Å². The summed E-state index contributed by atoms with van der Waals surface area (Å²) < 4.78 is 7.36. The van der Waals surface area contributed by atoms with E-state index in [1.165, 1.54) is 44.2 Å². The van der Waals surface area contributed by atoms with E-state index in [1.54, 1.807) is 0 Å².